The van der Waals surface area contributed by atoms with Gasteiger partial charge in [0.2, 0.25) is 5.91 Å². The number of anilines is 1. The number of carbonyl (C=O) groups excluding carboxylic acids is 1. The van der Waals surface area contributed by atoms with Crippen molar-refractivity contribution in [1.82, 2.24) is 0 Å². The lowest BCUT2D eigenvalue weighted by molar-refractivity contribution is -0.118. The molecule has 1 aromatic carbocycles. The third-order valence-electron chi connectivity index (χ3n) is 2.45. The summed E-state index contributed by atoms with van der Waals surface area (Å²) in [5, 5.41) is 2.89. The van der Waals surface area contributed by atoms with Gasteiger partial charge in [0.25, 0.3) is 0 Å². The fraction of sp³-hybridized carbons (Fsp3) is 0.417. The van der Waals surface area contributed by atoms with Crippen LogP contribution in [0.3, 0.4) is 0 Å². The number of hydrogen-bond donors (Lipinski definition) is 2. The maximum atomic E-state index is 11.5. The second-order valence-corrected chi connectivity index (χ2v) is 3.94. The Hall–Kier alpha value is -1.35. The third kappa shape index (κ3) is 2.80. The van der Waals surface area contributed by atoms with Gasteiger partial charge in [-0.3, -0.25) is 4.79 Å². The quantitative estimate of drug-likeness (QED) is 0.795. The Labute approximate surface area is 90.7 Å². The lowest BCUT2D eigenvalue weighted by Gasteiger charge is -2.12. The molecule has 0 unspecified atom stereocenters. The van der Waals surface area contributed by atoms with Crippen LogP contribution < -0.4 is 11.1 Å². The Kier molecular flexibility index (Phi) is 3.86. The van der Waals surface area contributed by atoms with E-state index in [1.54, 1.807) is 0 Å². The first kappa shape index (κ1) is 11.7. The van der Waals surface area contributed by atoms with Crippen LogP contribution in [0.2, 0.25) is 0 Å². The fourth-order valence-corrected chi connectivity index (χ4v) is 1.32. The molecule has 1 amide bonds. The van der Waals surface area contributed by atoms with E-state index < -0.39 is 0 Å². The molecule has 0 bridgehead atoms. The van der Waals surface area contributed by atoms with E-state index in [-0.39, 0.29) is 11.8 Å². The number of amides is 1. The van der Waals surface area contributed by atoms with Gasteiger partial charge in [-0.1, -0.05) is 26.0 Å². The molecule has 0 fully saturated rings. The topological polar surface area (TPSA) is 55.1 Å². The zero-order valence-corrected chi connectivity index (χ0v) is 9.50. The van der Waals surface area contributed by atoms with E-state index in [9.17, 15) is 4.79 Å². The normalized spacial score (nSPS) is 10.5. The van der Waals surface area contributed by atoms with Crippen LogP contribution in [0.15, 0.2) is 18.2 Å². The van der Waals surface area contributed by atoms with Crippen molar-refractivity contribution in [3.8, 4) is 0 Å². The lowest BCUT2D eigenvalue weighted by atomic mass is 10.1. The first-order valence-electron chi connectivity index (χ1n) is 5.15. The molecular weight excluding hydrogens is 188 g/mol. The standard InChI is InChI=1S/C12H18N2O/c1-8(2)12(15)14-11-6-4-5-10(7-13)9(11)3/h4-6,8H,7,13H2,1-3H3,(H,14,15). The summed E-state index contributed by atoms with van der Waals surface area (Å²) in [7, 11) is 0. The molecule has 3 N–H and O–H groups in total. The summed E-state index contributed by atoms with van der Waals surface area (Å²) in [4.78, 5) is 11.5. The molecule has 0 atom stereocenters. The molecule has 1 rings (SSSR count). The molecule has 0 aliphatic rings. The minimum absolute atomic E-state index is 0.00840. The van der Waals surface area contributed by atoms with Gasteiger partial charge < -0.3 is 11.1 Å². The summed E-state index contributed by atoms with van der Waals surface area (Å²) >= 11 is 0. The molecule has 15 heavy (non-hydrogen) atoms. The van der Waals surface area contributed by atoms with Crippen LogP contribution in [0.1, 0.15) is 25.0 Å². The van der Waals surface area contributed by atoms with Crippen molar-refractivity contribution in [2.75, 3.05) is 5.32 Å². The van der Waals surface area contributed by atoms with Crippen molar-refractivity contribution >= 4 is 11.6 Å². The molecule has 0 aliphatic carbocycles. The molecule has 0 aliphatic heterocycles. The number of hydrogen-bond acceptors (Lipinski definition) is 2. The minimum Gasteiger partial charge on any atom is -0.326 e. The molecule has 0 radical (unpaired) electrons. The van der Waals surface area contributed by atoms with Crippen molar-refractivity contribution in [2.24, 2.45) is 11.7 Å². The second-order valence-electron chi connectivity index (χ2n) is 3.94. The van der Waals surface area contributed by atoms with Gasteiger partial charge in [0.05, 0.1) is 0 Å². The SMILES string of the molecule is Cc1c(CN)cccc1NC(=O)C(C)C. The molecular formula is C12H18N2O. The largest absolute Gasteiger partial charge is 0.326 e. The van der Waals surface area contributed by atoms with Gasteiger partial charge in [-0.05, 0) is 24.1 Å². The van der Waals surface area contributed by atoms with Crippen LogP contribution in [0.5, 0.6) is 0 Å². The van der Waals surface area contributed by atoms with E-state index >= 15 is 0 Å². The summed E-state index contributed by atoms with van der Waals surface area (Å²) in [6, 6.07) is 5.78. The number of benzene rings is 1. The highest BCUT2D eigenvalue weighted by atomic mass is 16.1. The Morgan fingerprint density at radius 1 is 1.47 bits per heavy atom. The summed E-state index contributed by atoms with van der Waals surface area (Å²) in [5.74, 6) is 0.0261. The molecule has 3 nitrogen and oxygen atoms in total. The molecule has 3 heteroatoms. The Morgan fingerprint density at radius 3 is 2.67 bits per heavy atom. The number of nitrogens with one attached hydrogen (secondary N) is 1. The fourth-order valence-electron chi connectivity index (χ4n) is 1.32. The molecule has 0 aromatic heterocycles. The van der Waals surface area contributed by atoms with Crippen LogP contribution in [0.25, 0.3) is 0 Å². The zero-order chi connectivity index (χ0) is 11.4. The average molecular weight is 206 g/mol. The van der Waals surface area contributed by atoms with Gasteiger partial charge >= 0.3 is 0 Å². The summed E-state index contributed by atoms with van der Waals surface area (Å²) < 4.78 is 0. The van der Waals surface area contributed by atoms with Crippen LogP contribution in [0, 0.1) is 12.8 Å². The van der Waals surface area contributed by atoms with Gasteiger partial charge in [-0.25, -0.2) is 0 Å². The summed E-state index contributed by atoms with van der Waals surface area (Å²) in [5.41, 5.74) is 8.57. The van der Waals surface area contributed by atoms with E-state index in [0.717, 1.165) is 16.8 Å². The van der Waals surface area contributed by atoms with E-state index in [1.807, 2.05) is 39.0 Å². The maximum Gasteiger partial charge on any atom is 0.226 e. The maximum absolute atomic E-state index is 11.5. The predicted octanol–water partition coefficient (Wildman–Crippen LogP) is 2.05. The molecule has 0 spiro atoms. The second kappa shape index (κ2) is 4.94. The van der Waals surface area contributed by atoms with Crippen LogP contribution >= 0.6 is 0 Å². The van der Waals surface area contributed by atoms with Crippen molar-refractivity contribution in [2.45, 2.75) is 27.3 Å². The zero-order valence-electron chi connectivity index (χ0n) is 9.50. The summed E-state index contributed by atoms with van der Waals surface area (Å²) in [6.07, 6.45) is 0. The first-order valence-corrected chi connectivity index (χ1v) is 5.15. The Balaban J connectivity index is 2.91. The van der Waals surface area contributed by atoms with E-state index in [2.05, 4.69) is 5.32 Å². The van der Waals surface area contributed by atoms with E-state index in [0.29, 0.717) is 6.54 Å². The van der Waals surface area contributed by atoms with Crippen LogP contribution in [-0.2, 0) is 11.3 Å². The van der Waals surface area contributed by atoms with Gasteiger partial charge in [0, 0.05) is 18.2 Å². The monoisotopic (exact) mass is 206 g/mol. The van der Waals surface area contributed by atoms with Crippen molar-refractivity contribution in [1.29, 1.82) is 0 Å². The van der Waals surface area contributed by atoms with Crippen LogP contribution in [-0.4, -0.2) is 5.91 Å². The Bertz CT molecular complexity index is 359. The van der Waals surface area contributed by atoms with Crippen LogP contribution in [0.4, 0.5) is 5.69 Å². The highest BCUT2D eigenvalue weighted by Gasteiger charge is 2.09. The minimum atomic E-state index is -0.00840. The van der Waals surface area contributed by atoms with Gasteiger partial charge in [0.15, 0.2) is 0 Å². The Morgan fingerprint density at radius 2 is 2.13 bits per heavy atom. The molecule has 82 valence electrons. The van der Waals surface area contributed by atoms with Crippen molar-refractivity contribution in [3.05, 3.63) is 29.3 Å². The number of rotatable bonds is 3. The molecule has 0 saturated heterocycles. The molecule has 0 saturated carbocycles. The van der Waals surface area contributed by atoms with E-state index in [1.165, 1.54) is 0 Å². The highest BCUT2D eigenvalue weighted by Crippen LogP contribution is 2.19. The lowest BCUT2D eigenvalue weighted by Crippen LogP contribution is -2.18. The molecule has 0 heterocycles. The van der Waals surface area contributed by atoms with Gasteiger partial charge in [0.1, 0.15) is 0 Å². The number of nitrogens with two attached hydrogens (primary N) is 1. The predicted molar refractivity (Wildman–Crippen MR) is 62.5 cm³/mol. The van der Waals surface area contributed by atoms with E-state index in [4.69, 9.17) is 5.73 Å². The first-order chi connectivity index (χ1) is 7.06. The summed E-state index contributed by atoms with van der Waals surface area (Å²) in [6.45, 7) is 6.21. The molecule has 1 aromatic rings. The average Bonchev–Trinajstić information content (AvgIpc) is 2.21. The van der Waals surface area contributed by atoms with Crippen molar-refractivity contribution in [3.63, 3.8) is 0 Å². The number of carbonyl (C=O) groups is 1. The third-order valence-corrected chi connectivity index (χ3v) is 2.45. The van der Waals surface area contributed by atoms with Gasteiger partial charge in [-0.15, -0.1) is 0 Å². The van der Waals surface area contributed by atoms with Crippen molar-refractivity contribution < 1.29 is 4.79 Å². The van der Waals surface area contributed by atoms with Gasteiger partial charge in [-0.2, -0.15) is 0 Å². The smallest absolute Gasteiger partial charge is 0.226 e. The highest BCUT2D eigenvalue weighted by molar-refractivity contribution is 5.92.